The Hall–Kier alpha value is -0.450. The third-order valence-corrected chi connectivity index (χ3v) is 4.27. The van der Waals surface area contributed by atoms with Gasteiger partial charge in [-0.2, -0.15) is 0 Å². The highest BCUT2D eigenvalue weighted by atomic mass is 79.9. The summed E-state index contributed by atoms with van der Waals surface area (Å²) < 4.78 is 14.2. The van der Waals surface area contributed by atoms with Crippen LogP contribution >= 0.6 is 15.9 Å². The maximum atomic E-state index is 13.2. The smallest absolute Gasteiger partial charge is 0.123 e. The number of benzene rings is 1. The summed E-state index contributed by atoms with van der Waals surface area (Å²) in [7, 11) is 2.00. The molecule has 0 radical (unpaired) electrons. The Morgan fingerprint density at radius 2 is 2.33 bits per heavy atom. The normalized spacial score (nSPS) is 21.2. The van der Waals surface area contributed by atoms with Crippen molar-refractivity contribution in [2.75, 3.05) is 26.7 Å². The molecule has 1 aromatic rings. The number of nitrogens with one attached hydrogen (secondary N) is 1. The standard InChI is InChI=1S/C14H20BrFN2/c1-17-8-11-3-2-6-18(9-11)10-12-7-13(16)4-5-14(12)15/h4-5,7,11,17H,2-3,6,8-10H2,1H3. The Kier molecular flexibility index (Phi) is 5.15. The van der Waals surface area contributed by atoms with Crippen LogP contribution in [0.1, 0.15) is 18.4 Å². The molecule has 2 rings (SSSR count). The van der Waals surface area contributed by atoms with Crippen molar-refractivity contribution in [3.63, 3.8) is 0 Å². The van der Waals surface area contributed by atoms with Crippen molar-refractivity contribution in [3.05, 3.63) is 34.1 Å². The summed E-state index contributed by atoms with van der Waals surface area (Å²) in [4.78, 5) is 2.42. The molecule has 0 amide bonds. The van der Waals surface area contributed by atoms with Gasteiger partial charge in [0.25, 0.3) is 0 Å². The maximum absolute atomic E-state index is 13.2. The van der Waals surface area contributed by atoms with Crippen molar-refractivity contribution >= 4 is 15.9 Å². The molecule has 1 saturated heterocycles. The Morgan fingerprint density at radius 1 is 1.50 bits per heavy atom. The summed E-state index contributed by atoms with van der Waals surface area (Å²) >= 11 is 3.50. The largest absolute Gasteiger partial charge is 0.319 e. The van der Waals surface area contributed by atoms with Crippen LogP contribution in [0.5, 0.6) is 0 Å². The van der Waals surface area contributed by atoms with Gasteiger partial charge in [0, 0.05) is 17.6 Å². The molecule has 4 heteroatoms. The number of halogens is 2. The van der Waals surface area contributed by atoms with E-state index in [2.05, 4.69) is 26.1 Å². The molecule has 0 aliphatic carbocycles. The van der Waals surface area contributed by atoms with Gasteiger partial charge in [-0.25, -0.2) is 4.39 Å². The number of nitrogens with zero attached hydrogens (tertiary/aromatic N) is 1. The molecule has 100 valence electrons. The van der Waals surface area contributed by atoms with Crippen LogP contribution in [0.25, 0.3) is 0 Å². The van der Waals surface area contributed by atoms with E-state index in [0.717, 1.165) is 42.1 Å². The van der Waals surface area contributed by atoms with Crippen molar-refractivity contribution in [2.24, 2.45) is 5.92 Å². The van der Waals surface area contributed by atoms with Gasteiger partial charge in [0.05, 0.1) is 0 Å². The van der Waals surface area contributed by atoms with Crippen LogP contribution in [0.15, 0.2) is 22.7 Å². The summed E-state index contributed by atoms with van der Waals surface area (Å²) in [5, 5.41) is 3.25. The number of likely N-dealkylation sites (tertiary alicyclic amines) is 1. The Morgan fingerprint density at radius 3 is 3.11 bits per heavy atom. The minimum absolute atomic E-state index is 0.156. The van der Waals surface area contributed by atoms with Gasteiger partial charge in [-0.05, 0) is 62.7 Å². The Bertz CT molecular complexity index is 395. The van der Waals surface area contributed by atoms with Crippen LogP contribution in [0.4, 0.5) is 4.39 Å². The number of hydrogen-bond donors (Lipinski definition) is 1. The fraction of sp³-hybridized carbons (Fsp3) is 0.571. The molecule has 0 aromatic heterocycles. The lowest BCUT2D eigenvalue weighted by atomic mass is 9.97. The molecule has 0 bridgehead atoms. The van der Waals surface area contributed by atoms with E-state index in [1.807, 2.05) is 7.05 Å². The topological polar surface area (TPSA) is 15.3 Å². The SMILES string of the molecule is CNCC1CCCN(Cc2cc(F)ccc2Br)C1. The van der Waals surface area contributed by atoms with Crippen LogP contribution in [0.2, 0.25) is 0 Å². The van der Waals surface area contributed by atoms with Crippen LogP contribution in [0.3, 0.4) is 0 Å². The highest BCUT2D eigenvalue weighted by molar-refractivity contribution is 9.10. The fourth-order valence-electron chi connectivity index (χ4n) is 2.66. The highest BCUT2D eigenvalue weighted by Crippen LogP contribution is 2.23. The lowest BCUT2D eigenvalue weighted by Crippen LogP contribution is -2.38. The molecule has 1 fully saturated rings. The highest BCUT2D eigenvalue weighted by Gasteiger charge is 2.19. The van der Waals surface area contributed by atoms with Gasteiger partial charge >= 0.3 is 0 Å². The van der Waals surface area contributed by atoms with E-state index in [1.54, 1.807) is 12.1 Å². The van der Waals surface area contributed by atoms with Gasteiger partial charge in [-0.1, -0.05) is 15.9 Å². The molecule has 1 heterocycles. The second-order valence-electron chi connectivity index (χ2n) is 5.04. The number of hydrogen-bond acceptors (Lipinski definition) is 2. The average Bonchev–Trinajstić information content (AvgIpc) is 2.35. The van der Waals surface area contributed by atoms with Crippen molar-refractivity contribution in [1.29, 1.82) is 0 Å². The summed E-state index contributed by atoms with van der Waals surface area (Å²) in [6.45, 7) is 4.12. The molecule has 1 atom stereocenters. The molecule has 1 N–H and O–H groups in total. The van der Waals surface area contributed by atoms with E-state index in [9.17, 15) is 4.39 Å². The number of rotatable bonds is 4. The maximum Gasteiger partial charge on any atom is 0.123 e. The van der Waals surface area contributed by atoms with E-state index in [0.29, 0.717) is 0 Å². The lowest BCUT2D eigenvalue weighted by molar-refractivity contribution is 0.166. The van der Waals surface area contributed by atoms with Crippen molar-refractivity contribution in [1.82, 2.24) is 10.2 Å². The van der Waals surface area contributed by atoms with Crippen LogP contribution in [-0.2, 0) is 6.54 Å². The minimum atomic E-state index is -0.156. The molecular formula is C14H20BrFN2. The molecule has 2 nitrogen and oxygen atoms in total. The Balaban J connectivity index is 1.98. The average molecular weight is 315 g/mol. The fourth-order valence-corrected chi connectivity index (χ4v) is 3.03. The number of piperidine rings is 1. The first-order valence-corrected chi connectivity index (χ1v) is 7.29. The van der Waals surface area contributed by atoms with Crippen molar-refractivity contribution in [3.8, 4) is 0 Å². The molecule has 1 aliphatic rings. The van der Waals surface area contributed by atoms with Crippen molar-refractivity contribution < 1.29 is 4.39 Å². The van der Waals surface area contributed by atoms with Gasteiger partial charge in [0.1, 0.15) is 5.82 Å². The first kappa shape index (κ1) is 14.0. The van der Waals surface area contributed by atoms with Crippen molar-refractivity contribution in [2.45, 2.75) is 19.4 Å². The zero-order chi connectivity index (χ0) is 13.0. The summed E-state index contributed by atoms with van der Waals surface area (Å²) in [6, 6.07) is 4.92. The first-order valence-electron chi connectivity index (χ1n) is 6.50. The van der Waals surface area contributed by atoms with Crippen LogP contribution in [0, 0.1) is 11.7 Å². The zero-order valence-corrected chi connectivity index (χ0v) is 12.3. The van der Waals surface area contributed by atoms with Gasteiger partial charge in [-0.15, -0.1) is 0 Å². The Labute approximate surface area is 117 Å². The predicted octanol–water partition coefficient (Wildman–Crippen LogP) is 3.02. The summed E-state index contributed by atoms with van der Waals surface area (Å²) in [5.41, 5.74) is 1.04. The monoisotopic (exact) mass is 314 g/mol. The van der Waals surface area contributed by atoms with Gasteiger partial charge in [-0.3, -0.25) is 4.90 Å². The molecule has 1 aliphatic heterocycles. The molecule has 1 unspecified atom stereocenters. The molecule has 18 heavy (non-hydrogen) atoms. The summed E-state index contributed by atoms with van der Waals surface area (Å²) in [5.74, 6) is 0.563. The van der Waals surface area contributed by atoms with E-state index in [1.165, 1.54) is 18.9 Å². The molecular weight excluding hydrogens is 295 g/mol. The quantitative estimate of drug-likeness (QED) is 0.919. The van der Waals surface area contributed by atoms with Gasteiger partial charge in [0.15, 0.2) is 0 Å². The van der Waals surface area contributed by atoms with E-state index in [4.69, 9.17) is 0 Å². The minimum Gasteiger partial charge on any atom is -0.319 e. The zero-order valence-electron chi connectivity index (χ0n) is 10.8. The third-order valence-electron chi connectivity index (χ3n) is 3.50. The van der Waals surface area contributed by atoms with Gasteiger partial charge < -0.3 is 5.32 Å². The second kappa shape index (κ2) is 6.64. The summed E-state index contributed by atoms with van der Waals surface area (Å²) in [6.07, 6.45) is 2.53. The van der Waals surface area contributed by atoms with E-state index in [-0.39, 0.29) is 5.82 Å². The molecule has 1 aromatic carbocycles. The van der Waals surface area contributed by atoms with E-state index < -0.39 is 0 Å². The second-order valence-corrected chi connectivity index (χ2v) is 5.89. The predicted molar refractivity (Wildman–Crippen MR) is 76.0 cm³/mol. The molecule has 0 spiro atoms. The van der Waals surface area contributed by atoms with Crippen LogP contribution < -0.4 is 5.32 Å². The van der Waals surface area contributed by atoms with Gasteiger partial charge in [0.2, 0.25) is 0 Å². The third kappa shape index (κ3) is 3.77. The lowest BCUT2D eigenvalue weighted by Gasteiger charge is -2.32. The van der Waals surface area contributed by atoms with Crippen LogP contribution in [-0.4, -0.2) is 31.6 Å². The first-order chi connectivity index (χ1) is 8.69. The van der Waals surface area contributed by atoms with E-state index >= 15 is 0 Å². The molecule has 0 saturated carbocycles.